The Morgan fingerprint density at radius 2 is 2.09 bits per heavy atom. The molecule has 0 radical (unpaired) electrons. The molecule has 0 N–H and O–H groups in total. The van der Waals surface area contributed by atoms with Crippen LogP contribution in [0, 0.1) is 0 Å². The number of nitrogens with zero attached hydrogens (tertiary/aromatic N) is 3. The first-order valence-electron chi connectivity index (χ1n) is 7.71. The fourth-order valence-electron chi connectivity index (χ4n) is 2.68. The number of hydrogen-bond donors (Lipinski definition) is 0. The molecule has 1 aromatic carbocycles. The molecule has 2 aromatic heterocycles. The summed E-state index contributed by atoms with van der Waals surface area (Å²) in [6, 6.07) is 14.4. The Bertz CT molecular complexity index is 750. The summed E-state index contributed by atoms with van der Waals surface area (Å²) in [5.74, 6) is 1.83. The molecule has 1 atom stereocenters. The molecular formula is C17H17N3OS2. The van der Waals surface area contributed by atoms with Crippen LogP contribution in [0.4, 0.5) is 0 Å². The van der Waals surface area contributed by atoms with Crippen LogP contribution in [0.15, 0.2) is 53.0 Å². The smallest absolute Gasteiger partial charge is 0.196 e. The van der Waals surface area contributed by atoms with Gasteiger partial charge in [0.1, 0.15) is 0 Å². The Kier molecular flexibility index (Phi) is 4.46. The SMILES string of the molecule is c1ccc(-n2c(SC[C@H]3CCCO3)nnc2-c2cccs2)cc1. The summed E-state index contributed by atoms with van der Waals surface area (Å²) in [6.45, 7) is 0.886. The maximum absolute atomic E-state index is 5.72. The van der Waals surface area contributed by atoms with Crippen LogP contribution in [-0.4, -0.2) is 33.2 Å². The summed E-state index contributed by atoms with van der Waals surface area (Å²) in [5, 5.41) is 11.9. The van der Waals surface area contributed by atoms with E-state index >= 15 is 0 Å². The fourth-order valence-corrected chi connectivity index (χ4v) is 4.40. The number of para-hydroxylation sites is 1. The van der Waals surface area contributed by atoms with E-state index < -0.39 is 0 Å². The fraction of sp³-hybridized carbons (Fsp3) is 0.294. The third-order valence-corrected chi connectivity index (χ3v) is 5.74. The van der Waals surface area contributed by atoms with Crippen molar-refractivity contribution in [3.05, 3.63) is 47.8 Å². The predicted molar refractivity (Wildman–Crippen MR) is 94.4 cm³/mol. The first-order chi connectivity index (χ1) is 11.4. The zero-order valence-corrected chi connectivity index (χ0v) is 14.2. The van der Waals surface area contributed by atoms with Crippen LogP contribution in [0.1, 0.15) is 12.8 Å². The van der Waals surface area contributed by atoms with E-state index in [0.29, 0.717) is 6.10 Å². The van der Waals surface area contributed by atoms with E-state index in [2.05, 4.69) is 38.3 Å². The van der Waals surface area contributed by atoms with E-state index in [-0.39, 0.29) is 0 Å². The van der Waals surface area contributed by atoms with E-state index in [4.69, 9.17) is 4.74 Å². The van der Waals surface area contributed by atoms with Gasteiger partial charge in [-0.1, -0.05) is 36.0 Å². The number of rotatable bonds is 5. The standard InChI is InChI=1S/C17H17N3OS2/c1-2-6-13(7-3-1)20-16(15-9-5-11-22-15)18-19-17(20)23-12-14-8-4-10-21-14/h1-3,5-7,9,11,14H,4,8,10,12H2/t14-/m1/s1. The van der Waals surface area contributed by atoms with Gasteiger partial charge in [-0.25, -0.2) is 0 Å². The molecule has 6 heteroatoms. The van der Waals surface area contributed by atoms with Crippen LogP contribution >= 0.6 is 23.1 Å². The molecule has 4 nitrogen and oxygen atoms in total. The molecule has 1 saturated heterocycles. The molecule has 0 aliphatic carbocycles. The van der Waals surface area contributed by atoms with Crippen molar-refractivity contribution in [2.75, 3.05) is 12.4 Å². The number of aromatic nitrogens is 3. The molecule has 1 aliphatic heterocycles. The minimum atomic E-state index is 0.339. The van der Waals surface area contributed by atoms with E-state index in [1.165, 1.54) is 0 Å². The van der Waals surface area contributed by atoms with Crippen LogP contribution in [0.5, 0.6) is 0 Å². The first kappa shape index (κ1) is 14.9. The van der Waals surface area contributed by atoms with Crippen LogP contribution in [0.2, 0.25) is 0 Å². The quantitative estimate of drug-likeness (QED) is 0.649. The van der Waals surface area contributed by atoms with Crippen molar-refractivity contribution in [2.24, 2.45) is 0 Å². The molecule has 23 heavy (non-hydrogen) atoms. The van der Waals surface area contributed by atoms with Crippen molar-refractivity contribution in [3.8, 4) is 16.4 Å². The second kappa shape index (κ2) is 6.86. The number of thiophene rings is 1. The Balaban J connectivity index is 1.68. The minimum Gasteiger partial charge on any atom is -0.377 e. The second-order valence-electron chi connectivity index (χ2n) is 5.40. The highest BCUT2D eigenvalue weighted by atomic mass is 32.2. The van der Waals surface area contributed by atoms with Gasteiger partial charge in [-0.2, -0.15) is 0 Å². The molecule has 0 spiro atoms. The average Bonchev–Trinajstić information content (AvgIpc) is 3.33. The largest absolute Gasteiger partial charge is 0.377 e. The molecule has 3 aromatic rings. The average molecular weight is 343 g/mol. The van der Waals surface area contributed by atoms with Crippen molar-refractivity contribution < 1.29 is 4.74 Å². The lowest BCUT2D eigenvalue weighted by Crippen LogP contribution is -2.09. The molecule has 1 fully saturated rings. The van der Waals surface area contributed by atoms with Crippen molar-refractivity contribution in [2.45, 2.75) is 24.1 Å². The highest BCUT2D eigenvalue weighted by Gasteiger charge is 2.20. The summed E-state index contributed by atoms with van der Waals surface area (Å²) in [5.41, 5.74) is 1.09. The molecule has 118 valence electrons. The number of thioether (sulfide) groups is 1. The number of ether oxygens (including phenoxy) is 1. The van der Waals surface area contributed by atoms with Crippen molar-refractivity contribution in [1.82, 2.24) is 14.8 Å². The van der Waals surface area contributed by atoms with Crippen molar-refractivity contribution in [3.63, 3.8) is 0 Å². The zero-order chi connectivity index (χ0) is 15.5. The van der Waals surface area contributed by atoms with Crippen LogP contribution in [0.25, 0.3) is 16.4 Å². The molecule has 0 bridgehead atoms. The minimum absolute atomic E-state index is 0.339. The van der Waals surface area contributed by atoms with Gasteiger partial charge in [0, 0.05) is 18.0 Å². The van der Waals surface area contributed by atoms with Gasteiger partial charge >= 0.3 is 0 Å². The van der Waals surface area contributed by atoms with E-state index in [9.17, 15) is 0 Å². The van der Waals surface area contributed by atoms with Gasteiger partial charge in [-0.15, -0.1) is 21.5 Å². The lowest BCUT2D eigenvalue weighted by Gasteiger charge is -2.11. The van der Waals surface area contributed by atoms with Crippen molar-refractivity contribution >= 4 is 23.1 Å². The molecule has 4 rings (SSSR count). The van der Waals surface area contributed by atoms with Gasteiger partial charge in [0.2, 0.25) is 0 Å². The van der Waals surface area contributed by atoms with E-state index in [0.717, 1.165) is 46.7 Å². The Hall–Kier alpha value is -1.63. The Morgan fingerprint density at radius 1 is 1.17 bits per heavy atom. The normalized spacial score (nSPS) is 17.7. The van der Waals surface area contributed by atoms with Gasteiger partial charge in [-0.3, -0.25) is 4.57 Å². The van der Waals surface area contributed by atoms with Crippen LogP contribution in [0.3, 0.4) is 0 Å². The predicted octanol–water partition coefficient (Wildman–Crippen LogP) is 4.27. The monoisotopic (exact) mass is 343 g/mol. The maximum Gasteiger partial charge on any atom is 0.196 e. The van der Waals surface area contributed by atoms with E-state index in [1.807, 2.05) is 24.3 Å². The van der Waals surface area contributed by atoms with Crippen molar-refractivity contribution in [1.29, 1.82) is 0 Å². The second-order valence-corrected chi connectivity index (χ2v) is 7.34. The summed E-state index contributed by atoms with van der Waals surface area (Å²) in [4.78, 5) is 1.13. The summed E-state index contributed by atoms with van der Waals surface area (Å²) in [6.07, 6.45) is 2.65. The molecular weight excluding hydrogens is 326 g/mol. The molecule has 0 saturated carbocycles. The van der Waals surface area contributed by atoms with E-state index in [1.54, 1.807) is 23.1 Å². The lowest BCUT2D eigenvalue weighted by molar-refractivity contribution is 0.129. The highest BCUT2D eigenvalue weighted by molar-refractivity contribution is 7.99. The number of benzene rings is 1. The van der Waals surface area contributed by atoms with Crippen LogP contribution < -0.4 is 0 Å². The highest BCUT2D eigenvalue weighted by Crippen LogP contribution is 2.31. The zero-order valence-electron chi connectivity index (χ0n) is 12.6. The maximum atomic E-state index is 5.72. The van der Waals surface area contributed by atoms with Gasteiger partial charge in [0.15, 0.2) is 11.0 Å². The molecule has 3 heterocycles. The summed E-state index contributed by atoms with van der Waals surface area (Å²) >= 11 is 3.41. The van der Waals surface area contributed by atoms with Crippen LogP contribution in [-0.2, 0) is 4.74 Å². The summed E-state index contributed by atoms with van der Waals surface area (Å²) in [7, 11) is 0. The van der Waals surface area contributed by atoms with Gasteiger partial charge in [-0.05, 0) is 36.4 Å². The lowest BCUT2D eigenvalue weighted by atomic mass is 10.3. The third kappa shape index (κ3) is 3.20. The molecule has 1 aliphatic rings. The third-order valence-electron chi connectivity index (χ3n) is 3.81. The topological polar surface area (TPSA) is 39.9 Å². The molecule has 0 unspecified atom stereocenters. The first-order valence-corrected chi connectivity index (χ1v) is 9.57. The van der Waals surface area contributed by atoms with Gasteiger partial charge in [0.05, 0.1) is 11.0 Å². The number of hydrogen-bond acceptors (Lipinski definition) is 5. The summed E-state index contributed by atoms with van der Waals surface area (Å²) < 4.78 is 7.87. The Morgan fingerprint density at radius 3 is 2.83 bits per heavy atom. The van der Waals surface area contributed by atoms with Gasteiger partial charge in [0.25, 0.3) is 0 Å². The van der Waals surface area contributed by atoms with Gasteiger partial charge < -0.3 is 4.74 Å². The molecule has 0 amide bonds. The Labute approximate surface area is 143 Å².